The van der Waals surface area contributed by atoms with Crippen molar-refractivity contribution in [2.75, 3.05) is 0 Å². The van der Waals surface area contributed by atoms with Gasteiger partial charge >= 0.3 is 5.97 Å². The number of halogens is 1. The molecule has 4 nitrogen and oxygen atoms in total. The van der Waals surface area contributed by atoms with Gasteiger partial charge in [0.05, 0.1) is 10.6 Å². The van der Waals surface area contributed by atoms with Gasteiger partial charge in [-0.05, 0) is 35.6 Å². The summed E-state index contributed by atoms with van der Waals surface area (Å²) < 4.78 is 0. The van der Waals surface area contributed by atoms with Crippen molar-refractivity contribution in [3.8, 4) is 11.1 Å². The average Bonchev–Trinajstić information content (AvgIpc) is 3.39. The first-order valence-electron chi connectivity index (χ1n) is 7.93. The van der Waals surface area contributed by atoms with Crippen LogP contribution in [0.25, 0.3) is 11.1 Å². The van der Waals surface area contributed by atoms with Gasteiger partial charge in [0.1, 0.15) is 6.04 Å². The van der Waals surface area contributed by atoms with E-state index in [1.165, 1.54) is 0 Å². The first kappa shape index (κ1) is 16.5. The number of hydrogen-bond acceptors (Lipinski definition) is 2. The Balaban J connectivity index is 1.82. The van der Waals surface area contributed by atoms with Gasteiger partial charge in [-0.1, -0.05) is 60.8 Å². The van der Waals surface area contributed by atoms with E-state index in [4.69, 9.17) is 11.6 Å². The van der Waals surface area contributed by atoms with Crippen LogP contribution in [-0.4, -0.2) is 23.0 Å². The Morgan fingerprint density at radius 1 is 1.12 bits per heavy atom. The number of aliphatic carboxylic acids is 1. The average molecular weight is 344 g/mol. The molecule has 1 aliphatic carbocycles. The van der Waals surface area contributed by atoms with E-state index in [2.05, 4.69) is 5.32 Å². The van der Waals surface area contributed by atoms with Crippen molar-refractivity contribution in [3.05, 3.63) is 59.1 Å². The van der Waals surface area contributed by atoms with Crippen molar-refractivity contribution in [2.24, 2.45) is 5.92 Å². The fourth-order valence-electron chi connectivity index (χ4n) is 2.65. The normalized spacial score (nSPS) is 14.9. The van der Waals surface area contributed by atoms with E-state index in [1.807, 2.05) is 36.4 Å². The molecule has 5 heteroatoms. The molecule has 3 rings (SSSR count). The third-order valence-corrected chi connectivity index (χ3v) is 4.52. The lowest BCUT2D eigenvalue weighted by molar-refractivity contribution is -0.139. The predicted molar refractivity (Wildman–Crippen MR) is 93.1 cm³/mol. The zero-order valence-corrected chi connectivity index (χ0v) is 13.8. The fraction of sp³-hybridized carbons (Fsp3) is 0.263. The van der Waals surface area contributed by atoms with E-state index >= 15 is 0 Å². The summed E-state index contributed by atoms with van der Waals surface area (Å²) >= 11 is 6.15. The first-order chi connectivity index (χ1) is 11.5. The zero-order chi connectivity index (χ0) is 17.1. The quantitative estimate of drug-likeness (QED) is 0.833. The van der Waals surface area contributed by atoms with Crippen molar-refractivity contribution < 1.29 is 14.7 Å². The van der Waals surface area contributed by atoms with Gasteiger partial charge in [-0.2, -0.15) is 0 Å². The second-order valence-electron chi connectivity index (χ2n) is 6.10. The summed E-state index contributed by atoms with van der Waals surface area (Å²) in [6.07, 6.45) is 2.53. The summed E-state index contributed by atoms with van der Waals surface area (Å²) in [6.45, 7) is 0. The van der Waals surface area contributed by atoms with Crippen molar-refractivity contribution in [1.29, 1.82) is 0 Å². The minimum absolute atomic E-state index is 0.292. The van der Waals surface area contributed by atoms with Gasteiger partial charge in [0.15, 0.2) is 0 Å². The zero-order valence-electron chi connectivity index (χ0n) is 13.0. The molecule has 1 aliphatic rings. The van der Waals surface area contributed by atoms with E-state index < -0.39 is 17.9 Å². The summed E-state index contributed by atoms with van der Waals surface area (Å²) in [5.74, 6) is -1.06. The molecular formula is C19H18ClNO3. The van der Waals surface area contributed by atoms with Crippen molar-refractivity contribution in [1.82, 2.24) is 5.32 Å². The van der Waals surface area contributed by atoms with E-state index in [0.29, 0.717) is 22.9 Å². The van der Waals surface area contributed by atoms with Crippen molar-refractivity contribution in [2.45, 2.75) is 25.3 Å². The van der Waals surface area contributed by atoms with E-state index in [0.717, 1.165) is 24.0 Å². The van der Waals surface area contributed by atoms with Crippen LogP contribution in [0.5, 0.6) is 0 Å². The maximum atomic E-state index is 12.5. The molecule has 1 atom stereocenters. The van der Waals surface area contributed by atoms with Gasteiger partial charge in [-0.3, -0.25) is 4.79 Å². The largest absolute Gasteiger partial charge is 0.480 e. The molecular weight excluding hydrogens is 326 g/mol. The first-order valence-corrected chi connectivity index (χ1v) is 8.31. The Morgan fingerprint density at radius 2 is 1.83 bits per heavy atom. The molecule has 0 unspecified atom stereocenters. The molecule has 2 aromatic carbocycles. The molecule has 1 saturated carbocycles. The highest BCUT2D eigenvalue weighted by Crippen LogP contribution is 2.33. The number of carboxylic acids is 1. The summed E-state index contributed by atoms with van der Waals surface area (Å²) in [5, 5.41) is 12.2. The van der Waals surface area contributed by atoms with Crippen LogP contribution in [0.4, 0.5) is 0 Å². The number of benzene rings is 2. The molecule has 2 N–H and O–H groups in total. The smallest absolute Gasteiger partial charge is 0.326 e. The van der Waals surface area contributed by atoms with Crippen molar-refractivity contribution >= 4 is 23.5 Å². The SMILES string of the molecule is O=C(N[C@@H](CC1CC1)C(=O)O)c1cc(-c2ccccc2)ccc1Cl. The molecule has 0 aliphatic heterocycles. The van der Waals surface area contributed by atoms with Crippen LogP contribution in [-0.2, 0) is 4.79 Å². The molecule has 124 valence electrons. The molecule has 1 fully saturated rings. The predicted octanol–water partition coefficient (Wildman–Crippen LogP) is 3.99. The van der Waals surface area contributed by atoms with Gasteiger partial charge in [0.2, 0.25) is 0 Å². The van der Waals surface area contributed by atoms with E-state index in [-0.39, 0.29) is 0 Å². The Hall–Kier alpha value is -2.33. The second kappa shape index (κ2) is 7.05. The molecule has 0 spiro atoms. The van der Waals surface area contributed by atoms with Crippen LogP contribution >= 0.6 is 11.6 Å². The number of nitrogens with one attached hydrogen (secondary N) is 1. The highest BCUT2D eigenvalue weighted by Gasteiger charge is 2.30. The van der Waals surface area contributed by atoms with Crippen molar-refractivity contribution in [3.63, 3.8) is 0 Å². The number of carbonyl (C=O) groups excluding carboxylic acids is 1. The molecule has 0 heterocycles. The third kappa shape index (κ3) is 3.95. The monoisotopic (exact) mass is 343 g/mol. The van der Waals surface area contributed by atoms with Crippen LogP contribution in [0.1, 0.15) is 29.6 Å². The summed E-state index contributed by atoms with van der Waals surface area (Å²) in [5.41, 5.74) is 2.12. The Kier molecular flexibility index (Phi) is 4.86. The van der Waals surface area contributed by atoms with Crippen LogP contribution in [0.2, 0.25) is 5.02 Å². The lowest BCUT2D eigenvalue weighted by Crippen LogP contribution is -2.41. The van der Waals surface area contributed by atoms with Crippen LogP contribution in [0, 0.1) is 5.92 Å². The molecule has 0 bridgehead atoms. The Morgan fingerprint density at radius 3 is 2.46 bits per heavy atom. The molecule has 0 radical (unpaired) electrons. The lowest BCUT2D eigenvalue weighted by Gasteiger charge is -2.15. The molecule has 1 amide bonds. The Bertz CT molecular complexity index is 756. The minimum Gasteiger partial charge on any atom is -0.480 e. The maximum absolute atomic E-state index is 12.5. The molecule has 0 saturated heterocycles. The molecule has 0 aromatic heterocycles. The van der Waals surface area contributed by atoms with E-state index in [9.17, 15) is 14.7 Å². The van der Waals surface area contributed by atoms with Gasteiger partial charge in [0.25, 0.3) is 5.91 Å². The van der Waals surface area contributed by atoms with Crippen LogP contribution < -0.4 is 5.32 Å². The number of rotatable bonds is 6. The van der Waals surface area contributed by atoms with Crippen LogP contribution in [0.15, 0.2) is 48.5 Å². The standard InChI is InChI=1S/C19H18ClNO3/c20-16-9-8-14(13-4-2-1-3-5-13)11-15(16)18(22)21-17(19(23)24)10-12-6-7-12/h1-5,8-9,11-12,17H,6-7,10H2,(H,21,22)(H,23,24)/t17-/m0/s1. The molecule has 2 aromatic rings. The summed E-state index contributed by atoms with van der Waals surface area (Å²) in [7, 11) is 0. The van der Waals surface area contributed by atoms with Gasteiger partial charge < -0.3 is 10.4 Å². The van der Waals surface area contributed by atoms with Crippen LogP contribution in [0.3, 0.4) is 0 Å². The molecule has 24 heavy (non-hydrogen) atoms. The maximum Gasteiger partial charge on any atom is 0.326 e. The Labute approximate surface area is 145 Å². The summed E-state index contributed by atoms with van der Waals surface area (Å²) in [4.78, 5) is 23.9. The topological polar surface area (TPSA) is 66.4 Å². The fourth-order valence-corrected chi connectivity index (χ4v) is 2.86. The van der Waals surface area contributed by atoms with Gasteiger partial charge in [-0.25, -0.2) is 4.79 Å². The third-order valence-electron chi connectivity index (χ3n) is 4.19. The summed E-state index contributed by atoms with van der Waals surface area (Å²) in [6, 6.07) is 14.0. The minimum atomic E-state index is -1.01. The highest BCUT2D eigenvalue weighted by molar-refractivity contribution is 6.34. The highest BCUT2D eigenvalue weighted by atomic mass is 35.5. The number of hydrogen-bond donors (Lipinski definition) is 2. The number of carboxylic acid groups (broad SMARTS) is 1. The van der Waals surface area contributed by atoms with Gasteiger partial charge in [0, 0.05) is 0 Å². The van der Waals surface area contributed by atoms with Gasteiger partial charge in [-0.15, -0.1) is 0 Å². The lowest BCUT2D eigenvalue weighted by atomic mass is 10.0. The van der Waals surface area contributed by atoms with E-state index in [1.54, 1.807) is 12.1 Å². The second-order valence-corrected chi connectivity index (χ2v) is 6.51. The number of amides is 1. The number of carbonyl (C=O) groups is 2.